The number of hydrogen-bond donors (Lipinski definition) is 0. The number of benzene rings is 3. The Labute approximate surface area is 160 Å². The number of carbonyl (C=O) groups excluding carboxylic acids is 2. The smallest absolute Gasteiger partial charge is 0.186 e. The first kappa shape index (κ1) is 18.5. The number of carbonyl (C=O) groups is 2. The fourth-order valence-electron chi connectivity index (χ4n) is 2.86. The highest BCUT2D eigenvalue weighted by molar-refractivity contribution is 6.11. The van der Waals surface area contributed by atoms with Gasteiger partial charge in [-0.3, -0.25) is 9.59 Å². The van der Waals surface area contributed by atoms with Crippen LogP contribution in [0.15, 0.2) is 84.9 Å². The summed E-state index contributed by atoms with van der Waals surface area (Å²) in [5.41, 5.74) is 5.11. The van der Waals surface area contributed by atoms with Gasteiger partial charge in [-0.15, -0.1) is 0 Å². The third kappa shape index (κ3) is 4.89. The van der Waals surface area contributed by atoms with Crippen LogP contribution < -0.4 is 0 Å². The van der Waals surface area contributed by atoms with Crippen molar-refractivity contribution in [3.05, 3.63) is 113 Å². The molecule has 0 saturated carbocycles. The van der Waals surface area contributed by atoms with Crippen LogP contribution in [0.3, 0.4) is 0 Å². The molecule has 0 bridgehead atoms. The summed E-state index contributed by atoms with van der Waals surface area (Å²) in [6.07, 6.45) is 1.77. The van der Waals surface area contributed by atoms with E-state index in [9.17, 15) is 9.59 Å². The Bertz CT molecular complexity index is 963. The minimum absolute atomic E-state index is 0.00168. The molecule has 3 rings (SSSR count). The van der Waals surface area contributed by atoms with Crippen molar-refractivity contribution < 1.29 is 9.59 Å². The number of rotatable bonds is 6. The molecule has 134 valence electrons. The van der Waals surface area contributed by atoms with Crippen LogP contribution in [0.1, 0.15) is 43.8 Å². The molecule has 0 saturated heterocycles. The summed E-state index contributed by atoms with van der Waals surface area (Å²) in [5.74, 6) is -0.0904. The molecule has 0 radical (unpaired) electrons. The van der Waals surface area contributed by atoms with E-state index in [-0.39, 0.29) is 18.0 Å². The maximum absolute atomic E-state index is 12.8. The number of hydrogen-bond acceptors (Lipinski definition) is 2. The lowest BCUT2D eigenvalue weighted by molar-refractivity contribution is 0.0998. The quantitative estimate of drug-likeness (QED) is 0.411. The van der Waals surface area contributed by atoms with Gasteiger partial charge in [-0.25, -0.2) is 0 Å². The van der Waals surface area contributed by atoms with Gasteiger partial charge < -0.3 is 0 Å². The van der Waals surface area contributed by atoms with E-state index in [1.54, 1.807) is 6.08 Å². The van der Waals surface area contributed by atoms with Gasteiger partial charge in [0.05, 0.1) is 0 Å². The predicted octanol–water partition coefficient (Wildman–Crippen LogP) is 5.84. The Kier molecular flexibility index (Phi) is 5.77. The van der Waals surface area contributed by atoms with Gasteiger partial charge in [-0.2, -0.15) is 0 Å². The molecule has 3 aromatic rings. The van der Waals surface area contributed by atoms with E-state index in [2.05, 4.69) is 0 Å². The van der Waals surface area contributed by atoms with Crippen LogP contribution in [-0.4, -0.2) is 11.6 Å². The summed E-state index contributed by atoms with van der Waals surface area (Å²) in [4.78, 5) is 25.5. The van der Waals surface area contributed by atoms with E-state index in [1.807, 2.05) is 92.7 Å². The van der Waals surface area contributed by atoms with Crippen molar-refractivity contribution in [1.82, 2.24) is 0 Å². The molecule has 0 aliphatic heterocycles. The van der Waals surface area contributed by atoms with Crippen molar-refractivity contribution in [2.75, 3.05) is 0 Å². The Morgan fingerprint density at radius 3 is 1.74 bits per heavy atom. The second-order valence-electron chi connectivity index (χ2n) is 6.73. The van der Waals surface area contributed by atoms with Gasteiger partial charge in [0.2, 0.25) is 0 Å². The van der Waals surface area contributed by atoms with Crippen molar-refractivity contribution in [3.63, 3.8) is 0 Å². The Hall–Kier alpha value is -3.26. The second-order valence-corrected chi connectivity index (χ2v) is 6.73. The lowest BCUT2D eigenvalue weighted by Gasteiger charge is -2.08. The first-order chi connectivity index (χ1) is 13.0. The van der Waals surface area contributed by atoms with Crippen molar-refractivity contribution in [3.8, 4) is 0 Å². The zero-order chi connectivity index (χ0) is 19.2. The molecular formula is C25H22O2. The van der Waals surface area contributed by atoms with Gasteiger partial charge in [0, 0.05) is 17.5 Å². The molecule has 2 heteroatoms. The Morgan fingerprint density at radius 1 is 0.667 bits per heavy atom. The highest BCUT2D eigenvalue weighted by Crippen LogP contribution is 2.22. The zero-order valence-electron chi connectivity index (χ0n) is 15.6. The molecule has 0 atom stereocenters. The minimum atomic E-state index is -0.0921. The van der Waals surface area contributed by atoms with Crippen LogP contribution in [0, 0.1) is 13.8 Å². The van der Waals surface area contributed by atoms with Gasteiger partial charge >= 0.3 is 0 Å². The molecule has 0 aromatic heterocycles. The molecule has 27 heavy (non-hydrogen) atoms. The van der Waals surface area contributed by atoms with E-state index in [1.165, 1.54) is 0 Å². The van der Waals surface area contributed by atoms with Gasteiger partial charge in [0.1, 0.15) is 0 Å². The standard InChI is InChI=1S/C25H22O2/c1-18-8-12-21(13-9-18)24(26)16-23(20-6-4-3-5-7-20)17-25(27)22-14-10-19(2)11-15-22/h3-16H,17H2,1-2H3. The number of aryl methyl sites for hydroxylation is 2. The lowest BCUT2D eigenvalue weighted by Crippen LogP contribution is -2.03. The SMILES string of the molecule is Cc1ccc(C(=O)C=C(CC(=O)c2ccc(C)cc2)c2ccccc2)cc1. The zero-order valence-corrected chi connectivity index (χ0v) is 15.6. The van der Waals surface area contributed by atoms with Crippen molar-refractivity contribution >= 4 is 17.1 Å². The third-order valence-corrected chi connectivity index (χ3v) is 4.51. The summed E-state index contributed by atoms with van der Waals surface area (Å²) in [7, 11) is 0. The molecule has 0 heterocycles. The molecule has 0 fully saturated rings. The summed E-state index contributed by atoms with van der Waals surface area (Å²) >= 11 is 0. The fourth-order valence-corrected chi connectivity index (χ4v) is 2.86. The van der Waals surface area contributed by atoms with Crippen LogP contribution >= 0.6 is 0 Å². The van der Waals surface area contributed by atoms with Crippen LogP contribution in [-0.2, 0) is 0 Å². The molecule has 0 aliphatic rings. The molecule has 0 aliphatic carbocycles. The lowest BCUT2D eigenvalue weighted by atomic mass is 9.95. The normalized spacial score (nSPS) is 11.3. The van der Waals surface area contributed by atoms with E-state index < -0.39 is 0 Å². The fraction of sp³-hybridized carbons (Fsp3) is 0.120. The Balaban J connectivity index is 1.91. The topological polar surface area (TPSA) is 34.1 Å². The van der Waals surface area contributed by atoms with E-state index in [0.717, 1.165) is 22.3 Å². The molecule has 0 spiro atoms. The highest BCUT2D eigenvalue weighted by atomic mass is 16.1. The van der Waals surface area contributed by atoms with Crippen LogP contribution in [0.25, 0.3) is 5.57 Å². The molecule has 3 aromatic carbocycles. The predicted molar refractivity (Wildman–Crippen MR) is 110 cm³/mol. The number of allylic oxidation sites excluding steroid dienone is 2. The average molecular weight is 354 g/mol. The first-order valence-corrected chi connectivity index (χ1v) is 9.00. The number of Topliss-reactive ketones (excluding diaryl/α,β-unsaturated/α-hetero) is 1. The van der Waals surface area contributed by atoms with E-state index >= 15 is 0 Å². The van der Waals surface area contributed by atoms with Crippen LogP contribution in [0.5, 0.6) is 0 Å². The average Bonchev–Trinajstić information content (AvgIpc) is 2.69. The molecule has 0 unspecified atom stereocenters. The van der Waals surface area contributed by atoms with E-state index in [0.29, 0.717) is 11.1 Å². The van der Waals surface area contributed by atoms with Gasteiger partial charge in [0.25, 0.3) is 0 Å². The third-order valence-electron chi connectivity index (χ3n) is 4.51. The minimum Gasteiger partial charge on any atom is -0.294 e. The summed E-state index contributed by atoms with van der Waals surface area (Å²) in [6.45, 7) is 3.98. The van der Waals surface area contributed by atoms with Crippen molar-refractivity contribution in [2.24, 2.45) is 0 Å². The molecular weight excluding hydrogens is 332 g/mol. The maximum Gasteiger partial charge on any atom is 0.186 e. The first-order valence-electron chi connectivity index (χ1n) is 9.00. The van der Waals surface area contributed by atoms with Crippen molar-refractivity contribution in [1.29, 1.82) is 0 Å². The molecule has 2 nitrogen and oxygen atoms in total. The maximum atomic E-state index is 12.8. The molecule has 0 amide bonds. The second kappa shape index (κ2) is 8.41. The molecule has 0 N–H and O–H groups in total. The van der Waals surface area contributed by atoms with Crippen LogP contribution in [0.2, 0.25) is 0 Å². The van der Waals surface area contributed by atoms with Crippen molar-refractivity contribution in [2.45, 2.75) is 20.3 Å². The summed E-state index contributed by atoms with van der Waals surface area (Å²) < 4.78 is 0. The summed E-state index contributed by atoms with van der Waals surface area (Å²) in [5, 5.41) is 0. The largest absolute Gasteiger partial charge is 0.294 e. The number of ketones is 2. The summed E-state index contributed by atoms with van der Waals surface area (Å²) in [6, 6.07) is 24.6. The van der Waals surface area contributed by atoms with Crippen LogP contribution in [0.4, 0.5) is 0 Å². The van der Waals surface area contributed by atoms with Gasteiger partial charge in [0.15, 0.2) is 11.6 Å². The van der Waals surface area contributed by atoms with E-state index in [4.69, 9.17) is 0 Å². The van der Waals surface area contributed by atoms with Gasteiger partial charge in [-0.1, -0.05) is 90.0 Å². The highest BCUT2D eigenvalue weighted by Gasteiger charge is 2.13. The Morgan fingerprint density at radius 2 is 1.19 bits per heavy atom. The monoisotopic (exact) mass is 354 g/mol. The van der Waals surface area contributed by atoms with Gasteiger partial charge in [-0.05, 0) is 31.1 Å².